The smallest absolute Gasteiger partial charge is 0.0228 e. The Hall–Kier alpha value is -0.500. The molecule has 0 aliphatic heterocycles. The molecule has 0 aromatic heterocycles. The molecular weight excluding hydrogens is 112 g/mol. The number of nitrogens with one attached hydrogen (secondary N) is 1. The number of hydrogen-bond acceptors (Lipinski definition) is 2. The highest BCUT2D eigenvalue weighted by atomic mass is 15.5. The summed E-state index contributed by atoms with van der Waals surface area (Å²) in [4.78, 5) is 0. The molecule has 0 unspecified atom stereocenters. The molecular formula is C7H16N2. The summed E-state index contributed by atoms with van der Waals surface area (Å²) in [6.45, 7) is 6.03. The van der Waals surface area contributed by atoms with Crippen molar-refractivity contribution in [1.29, 1.82) is 0 Å². The molecule has 0 aromatic rings. The van der Waals surface area contributed by atoms with Crippen LogP contribution in [0.25, 0.3) is 0 Å². The predicted molar refractivity (Wildman–Crippen MR) is 40.9 cm³/mol. The minimum Gasteiger partial charge on any atom is -0.316 e. The molecule has 0 aliphatic carbocycles. The van der Waals surface area contributed by atoms with Gasteiger partial charge in [0.1, 0.15) is 0 Å². The van der Waals surface area contributed by atoms with Gasteiger partial charge in [-0.2, -0.15) is 0 Å². The third kappa shape index (κ3) is 3.14. The first-order chi connectivity index (χ1) is 4.22. The fourth-order valence-corrected chi connectivity index (χ4v) is 0.614. The second kappa shape index (κ2) is 4.39. The molecule has 0 saturated carbocycles. The first kappa shape index (κ1) is 8.50. The van der Waals surface area contributed by atoms with Crippen molar-refractivity contribution in [3.8, 4) is 0 Å². The van der Waals surface area contributed by atoms with Gasteiger partial charge in [-0.1, -0.05) is 19.9 Å². The Morgan fingerprint density at radius 2 is 2.22 bits per heavy atom. The Kier molecular flexibility index (Phi) is 4.14. The molecule has 0 rings (SSSR count). The van der Waals surface area contributed by atoms with Gasteiger partial charge in [-0.15, -0.1) is 0 Å². The fraction of sp³-hybridized carbons (Fsp3) is 0.714. The molecule has 0 saturated heterocycles. The van der Waals surface area contributed by atoms with Crippen LogP contribution in [0.2, 0.25) is 0 Å². The summed E-state index contributed by atoms with van der Waals surface area (Å²) >= 11 is 0. The average molecular weight is 128 g/mol. The fourth-order valence-electron chi connectivity index (χ4n) is 0.614. The van der Waals surface area contributed by atoms with Crippen LogP contribution >= 0.6 is 0 Å². The number of hydrazine groups is 1. The summed E-state index contributed by atoms with van der Waals surface area (Å²) in [6.07, 6.45) is 2.22. The van der Waals surface area contributed by atoms with E-state index in [1.165, 1.54) is 0 Å². The van der Waals surface area contributed by atoms with Gasteiger partial charge in [0.15, 0.2) is 0 Å². The van der Waals surface area contributed by atoms with E-state index in [-0.39, 0.29) is 0 Å². The molecule has 2 heteroatoms. The number of rotatable bonds is 4. The van der Waals surface area contributed by atoms with E-state index in [0.717, 1.165) is 18.5 Å². The molecule has 0 aliphatic rings. The standard InChI is InChI=1S/C7H16N2/c1-5-6-7(2)9(4)8-3/h8H,2,5-6H2,1,3-4H3. The number of allylic oxidation sites excluding steroid dienone is 1. The van der Waals surface area contributed by atoms with Crippen LogP contribution in [0.4, 0.5) is 0 Å². The molecule has 0 atom stereocenters. The third-order valence-corrected chi connectivity index (χ3v) is 1.35. The summed E-state index contributed by atoms with van der Waals surface area (Å²) in [7, 11) is 3.86. The topological polar surface area (TPSA) is 15.3 Å². The van der Waals surface area contributed by atoms with Gasteiger partial charge >= 0.3 is 0 Å². The average Bonchev–Trinajstić information content (AvgIpc) is 1.87. The van der Waals surface area contributed by atoms with E-state index in [1.807, 2.05) is 19.1 Å². The molecule has 0 aromatic carbocycles. The Balaban J connectivity index is 3.46. The molecule has 2 nitrogen and oxygen atoms in total. The highest BCUT2D eigenvalue weighted by molar-refractivity contribution is 4.89. The lowest BCUT2D eigenvalue weighted by Gasteiger charge is -2.19. The maximum atomic E-state index is 3.88. The van der Waals surface area contributed by atoms with Gasteiger partial charge in [-0.05, 0) is 6.42 Å². The van der Waals surface area contributed by atoms with Gasteiger partial charge < -0.3 is 5.01 Å². The zero-order valence-electron chi connectivity index (χ0n) is 6.57. The van der Waals surface area contributed by atoms with Crippen LogP contribution < -0.4 is 5.43 Å². The lowest BCUT2D eigenvalue weighted by molar-refractivity contribution is 0.321. The highest BCUT2D eigenvalue weighted by Gasteiger charge is 1.94. The van der Waals surface area contributed by atoms with Crippen molar-refractivity contribution in [1.82, 2.24) is 10.4 Å². The van der Waals surface area contributed by atoms with E-state index < -0.39 is 0 Å². The van der Waals surface area contributed by atoms with Gasteiger partial charge in [0.2, 0.25) is 0 Å². The molecule has 54 valence electrons. The quantitative estimate of drug-likeness (QED) is 0.575. The Morgan fingerprint density at radius 1 is 1.67 bits per heavy atom. The van der Waals surface area contributed by atoms with E-state index in [2.05, 4.69) is 18.9 Å². The molecule has 0 fully saturated rings. The Labute approximate surface area is 57.5 Å². The summed E-state index contributed by atoms with van der Waals surface area (Å²) in [5.41, 5.74) is 4.12. The van der Waals surface area contributed by atoms with Gasteiger partial charge in [0, 0.05) is 19.8 Å². The monoisotopic (exact) mass is 128 g/mol. The highest BCUT2D eigenvalue weighted by Crippen LogP contribution is 2.02. The van der Waals surface area contributed by atoms with Crippen molar-refractivity contribution in [2.24, 2.45) is 0 Å². The molecule has 0 heterocycles. The first-order valence-electron chi connectivity index (χ1n) is 3.31. The minimum atomic E-state index is 1.07. The normalized spacial score (nSPS) is 9.22. The van der Waals surface area contributed by atoms with Gasteiger partial charge in [0.25, 0.3) is 0 Å². The van der Waals surface area contributed by atoms with Crippen molar-refractivity contribution in [3.63, 3.8) is 0 Å². The third-order valence-electron chi connectivity index (χ3n) is 1.35. The molecule has 1 N–H and O–H groups in total. The zero-order valence-corrected chi connectivity index (χ0v) is 6.57. The number of nitrogens with zero attached hydrogens (tertiary/aromatic N) is 1. The Morgan fingerprint density at radius 3 is 2.56 bits per heavy atom. The van der Waals surface area contributed by atoms with Crippen LogP contribution in [0, 0.1) is 0 Å². The van der Waals surface area contributed by atoms with Crippen molar-refractivity contribution in [2.75, 3.05) is 14.1 Å². The lowest BCUT2D eigenvalue weighted by Crippen LogP contribution is -2.29. The minimum absolute atomic E-state index is 1.07. The first-order valence-corrected chi connectivity index (χ1v) is 3.31. The molecule has 0 bridgehead atoms. The lowest BCUT2D eigenvalue weighted by atomic mass is 10.3. The second-order valence-corrected chi connectivity index (χ2v) is 2.10. The van der Waals surface area contributed by atoms with Gasteiger partial charge in [-0.25, -0.2) is 5.43 Å². The second-order valence-electron chi connectivity index (χ2n) is 2.10. The van der Waals surface area contributed by atoms with Crippen molar-refractivity contribution >= 4 is 0 Å². The van der Waals surface area contributed by atoms with Crippen LogP contribution in [-0.4, -0.2) is 19.1 Å². The van der Waals surface area contributed by atoms with Crippen LogP contribution in [0.5, 0.6) is 0 Å². The van der Waals surface area contributed by atoms with Crippen LogP contribution in [-0.2, 0) is 0 Å². The van der Waals surface area contributed by atoms with Crippen molar-refractivity contribution in [3.05, 3.63) is 12.3 Å². The zero-order chi connectivity index (χ0) is 7.28. The largest absolute Gasteiger partial charge is 0.316 e. The molecule has 0 spiro atoms. The summed E-state index contributed by atoms with van der Waals surface area (Å²) in [5, 5.41) is 1.93. The van der Waals surface area contributed by atoms with Gasteiger partial charge in [-0.3, -0.25) is 0 Å². The van der Waals surface area contributed by atoms with Crippen molar-refractivity contribution in [2.45, 2.75) is 19.8 Å². The SMILES string of the molecule is C=C(CCC)N(C)NC. The maximum Gasteiger partial charge on any atom is 0.0228 e. The number of hydrogen-bond donors (Lipinski definition) is 1. The van der Waals surface area contributed by atoms with Crippen LogP contribution in [0.1, 0.15) is 19.8 Å². The molecule has 0 amide bonds. The molecule has 9 heavy (non-hydrogen) atoms. The summed E-state index contributed by atoms with van der Waals surface area (Å²) < 4.78 is 0. The van der Waals surface area contributed by atoms with E-state index in [1.54, 1.807) is 0 Å². The Bertz CT molecular complexity index is 88.9. The van der Waals surface area contributed by atoms with E-state index in [9.17, 15) is 0 Å². The van der Waals surface area contributed by atoms with Crippen LogP contribution in [0.15, 0.2) is 12.3 Å². The van der Waals surface area contributed by atoms with Gasteiger partial charge in [0.05, 0.1) is 0 Å². The van der Waals surface area contributed by atoms with E-state index in [0.29, 0.717) is 0 Å². The van der Waals surface area contributed by atoms with Crippen molar-refractivity contribution < 1.29 is 0 Å². The van der Waals surface area contributed by atoms with Crippen LogP contribution in [0.3, 0.4) is 0 Å². The molecule has 0 radical (unpaired) electrons. The summed E-state index contributed by atoms with van der Waals surface area (Å²) in [5.74, 6) is 0. The maximum absolute atomic E-state index is 3.88. The summed E-state index contributed by atoms with van der Waals surface area (Å²) in [6, 6.07) is 0. The van der Waals surface area contributed by atoms with E-state index in [4.69, 9.17) is 0 Å². The predicted octanol–water partition coefficient (Wildman–Crippen LogP) is 1.37. The van der Waals surface area contributed by atoms with E-state index >= 15 is 0 Å².